The Labute approximate surface area is 85.0 Å². The third-order valence-corrected chi connectivity index (χ3v) is 3.37. The summed E-state index contributed by atoms with van der Waals surface area (Å²) in [5.74, 6) is 4.07. The van der Waals surface area contributed by atoms with E-state index in [1.807, 2.05) is 5.41 Å². The van der Waals surface area contributed by atoms with Crippen LogP contribution in [0, 0.1) is 11.8 Å². The first-order chi connectivity index (χ1) is 6.16. The fraction of sp³-hybridized carbons (Fsp3) is 0.636. The average Bonchev–Trinajstić information content (AvgIpc) is 2.16. The molecule has 72 valence electrons. The van der Waals surface area contributed by atoms with Crippen molar-refractivity contribution in [2.24, 2.45) is 16.8 Å². The molecule has 0 radical (unpaired) electrons. The van der Waals surface area contributed by atoms with Gasteiger partial charge in [0.05, 0.1) is 5.70 Å². The Bertz CT molecular complexity index is 270. The molecule has 0 aliphatic carbocycles. The van der Waals surface area contributed by atoms with Crippen LogP contribution in [0.2, 0.25) is 0 Å². The second-order valence-corrected chi connectivity index (χ2v) is 4.60. The van der Waals surface area contributed by atoms with Gasteiger partial charge in [0.2, 0.25) is 0 Å². The first kappa shape index (κ1) is 10.6. The standard InChI is InChI=1S/C11H17NS/c1-5-9(4)11-10(8(2)3)12-6-7-13-11/h7-9H,5H2,1-4H3. The van der Waals surface area contributed by atoms with E-state index < -0.39 is 0 Å². The summed E-state index contributed by atoms with van der Waals surface area (Å²) in [4.78, 5) is 5.76. The Balaban J connectivity index is 2.96. The summed E-state index contributed by atoms with van der Waals surface area (Å²) in [6.45, 7) is 8.86. The summed E-state index contributed by atoms with van der Waals surface area (Å²) in [5, 5.41) is 1.95. The van der Waals surface area contributed by atoms with Gasteiger partial charge in [-0.05, 0) is 24.1 Å². The molecule has 0 spiro atoms. The molecule has 1 nitrogen and oxygen atoms in total. The van der Waals surface area contributed by atoms with Gasteiger partial charge >= 0.3 is 0 Å². The number of allylic oxidation sites excluding steroid dienone is 2. The van der Waals surface area contributed by atoms with Crippen LogP contribution >= 0.6 is 11.8 Å². The first-order valence-corrected chi connectivity index (χ1v) is 5.73. The molecule has 2 heteroatoms. The third-order valence-electron chi connectivity index (χ3n) is 2.28. The second kappa shape index (κ2) is 4.69. The van der Waals surface area contributed by atoms with Crippen LogP contribution in [0.1, 0.15) is 34.1 Å². The summed E-state index contributed by atoms with van der Waals surface area (Å²) >= 11 is 1.78. The zero-order valence-corrected chi connectivity index (χ0v) is 9.61. The molecule has 1 aliphatic rings. The highest BCUT2D eigenvalue weighted by Gasteiger charge is 2.16. The maximum Gasteiger partial charge on any atom is 0.0630 e. The van der Waals surface area contributed by atoms with E-state index in [9.17, 15) is 0 Å². The lowest BCUT2D eigenvalue weighted by atomic mass is 10.0. The summed E-state index contributed by atoms with van der Waals surface area (Å²) in [5.41, 5.74) is 1.22. The van der Waals surface area contributed by atoms with Gasteiger partial charge in [0.25, 0.3) is 0 Å². The van der Waals surface area contributed by atoms with Gasteiger partial charge in [-0.1, -0.05) is 39.5 Å². The van der Waals surface area contributed by atoms with Crippen LogP contribution in [0.4, 0.5) is 0 Å². The first-order valence-electron chi connectivity index (χ1n) is 4.85. The number of aliphatic imine (C=N–C) groups is 1. The molecule has 0 aromatic heterocycles. The van der Waals surface area contributed by atoms with E-state index in [0.717, 1.165) is 0 Å². The smallest absolute Gasteiger partial charge is 0.0630 e. The molecule has 0 saturated heterocycles. The van der Waals surface area contributed by atoms with Crippen LogP contribution in [0.3, 0.4) is 0 Å². The topological polar surface area (TPSA) is 12.4 Å². The molecular formula is C11H17NS. The normalized spacial score (nSPS) is 18.5. The van der Waals surface area contributed by atoms with Crippen molar-refractivity contribution in [3.63, 3.8) is 0 Å². The van der Waals surface area contributed by atoms with Crippen molar-refractivity contribution >= 4 is 17.6 Å². The number of nitrogens with zero attached hydrogens (tertiary/aromatic N) is 1. The Morgan fingerprint density at radius 1 is 1.46 bits per heavy atom. The maximum atomic E-state index is 4.33. The fourth-order valence-electron chi connectivity index (χ4n) is 1.27. The Morgan fingerprint density at radius 2 is 2.15 bits per heavy atom. The lowest BCUT2D eigenvalue weighted by molar-refractivity contribution is 0.654. The maximum absolute atomic E-state index is 4.33. The van der Waals surface area contributed by atoms with Gasteiger partial charge in [0, 0.05) is 10.3 Å². The monoisotopic (exact) mass is 195 g/mol. The summed E-state index contributed by atoms with van der Waals surface area (Å²) in [6.07, 6.45) is 1.18. The Hall–Kier alpha value is -0.460. The molecule has 0 aromatic carbocycles. The molecular weight excluding hydrogens is 178 g/mol. The van der Waals surface area contributed by atoms with Crippen molar-refractivity contribution in [2.45, 2.75) is 34.1 Å². The highest BCUT2D eigenvalue weighted by molar-refractivity contribution is 8.06. The van der Waals surface area contributed by atoms with Gasteiger partial charge in [-0.3, -0.25) is 0 Å². The molecule has 0 amide bonds. The SMILES string of the molecule is CCC(C)C1=C(C(C)C)N=C=CS1. The predicted octanol–water partition coefficient (Wildman–Crippen LogP) is 3.83. The highest BCUT2D eigenvalue weighted by atomic mass is 32.2. The van der Waals surface area contributed by atoms with Crippen molar-refractivity contribution in [1.82, 2.24) is 0 Å². The number of rotatable bonds is 3. The van der Waals surface area contributed by atoms with E-state index in [1.54, 1.807) is 11.8 Å². The minimum absolute atomic E-state index is 0.512. The average molecular weight is 195 g/mol. The highest BCUT2D eigenvalue weighted by Crippen LogP contribution is 2.35. The van der Waals surface area contributed by atoms with Gasteiger partial charge in [-0.2, -0.15) is 0 Å². The van der Waals surface area contributed by atoms with Gasteiger partial charge < -0.3 is 0 Å². The Morgan fingerprint density at radius 3 is 2.69 bits per heavy atom. The van der Waals surface area contributed by atoms with Gasteiger partial charge in [0.1, 0.15) is 0 Å². The number of thioether (sulfide) groups is 1. The summed E-state index contributed by atoms with van der Waals surface area (Å²) in [6, 6.07) is 0. The molecule has 0 saturated carbocycles. The van der Waals surface area contributed by atoms with Gasteiger partial charge in [-0.25, -0.2) is 4.99 Å². The molecule has 0 bridgehead atoms. The van der Waals surface area contributed by atoms with E-state index in [2.05, 4.69) is 38.6 Å². The van der Waals surface area contributed by atoms with E-state index in [-0.39, 0.29) is 0 Å². The zero-order chi connectivity index (χ0) is 9.84. The fourth-order valence-corrected chi connectivity index (χ4v) is 2.30. The molecule has 1 rings (SSSR count). The van der Waals surface area contributed by atoms with Crippen molar-refractivity contribution in [3.8, 4) is 0 Å². The minimum Gasteiger partial charge on any atom is -0.209 e. The van der Waals surface area contributed by atoms with E-state index in [0.29, 0.717) is 11.8 Å². The predicted molar refractivity (Wildman–Crippen MR) is 60.9 cm³/mol. The number of hydrogen-bond donors (Lipinski definition) is 0. The van der Waals surface area contributed by atoms with Crippen LogP contribution < -0.4 is 0 Å². The van der Waals surface area contributed by atoms with Crippen molar-refractivity contribution < 1.29 is 0 Å². The van der Waals surface area contributed by atoms with E-state index >= 15 is 0 Å². The molecule has 1 heterocycles. The van der Waals surface area contributed by atoms with Gasteiger partial charge in [-0.15, -0.1) is 0 Å². The van der Waals surface area contributed by atoms with Crippen LogP contribution in [-0.4, -0.2) is 5.87 Å². The van der Waals surface area contributed by atoms with Gasteiger partial charge in [0.15, 0.2) is 0 Å². The van der Waals surface area contributed by atoms with Crippen molar-refractivity contribution in [1.29, 1.82) is 0 Å². The molecule has 0 fully saturated rings. The molecule has 0 aromatic rings. The second-order valence-electron chi connectivity index (χ2n) is 3.69. The molecule has 1 unspecified atom stereocenters. The van der Waals surface area contributed by atoms with E-state index in [1.165, 1.54) is 17.0 Å². The molecule has 13 heavy (non-hydrogen) atoms. The quantitative estimate of drug-likeness (QED) is 0.666. The molecule has 1 aliphatic heterocycles. The van der Waals surface area contributed by atoms with E-state index in [4.69, 9.17) is 0 Å². The minimum atomic E-state index is 0.512. The zero-order valence-electron chi connectivity index (χ0n) is 8.79. The molecule has 1 atom stereocenters. The third kappa shape index (κ3) is 2.49. The summed E-state index contributed by atoms with van der Waals surface area (Å²) in [7, 11) is 0. The Kier molecular flexibility index (Phi) is 3.83. The molecule has 0 N–H and O–H groups in total. The largest absolute Gasteiger partial charge is 0.209 e. The number of hydrogen-bond acceptors (Lipinski definition) is 2. The van der Waals surface area contributed by atoms with Crippen molar-refractivity contribution in [2.75, 3.05) is 0 Å². The van der Waals surface area contributed by atoms with Crippen LogP contribution in [0.25, 0.3) is 0 Å². The van der Waals surface area contributed by atoms with Crippen LogP contribution in [0.5, 0.6) is 0 Å². The lowest BCUT2D eigenvalue weighted by Crippen LogP contribution is -2.03. The van der Waals surface area contributed by atoms with Crippen LogP contribution in [0.15, 0.2) is 21.0 Å². The summed E-state index contributed by atoms with van der Waals surface area (Å²) < 4.78 is 0. The van der Waals surface area contributed by atoms with Crippen molar-refractivity contribution in [3.05, 3.63) is 16.0 Å². The lowest BCUT2D eigenvalue weighted by Gasteiger charge is -2.18. The van der Waals surface area contributed by atoms with Crippen LogP contribution in [-0.2, 0) is 0 Å².